The van der Waals surface area contributed by atoms with Crippen LogP contribution in [0.1, 0.15) is 25.7 Å². The molecule has 6 heteroatoms. The van der Waals surface area contributed by atoms with Crippen LogP contribution in [0, 0.1) is 0 Å². The number of hydrogen-bond acceptors (Lipinski definition) is 4. The number of anilines is 1. The monoisotopic (exact) mass is 281 g/mol. The molecule has 1 saturated carbocycles. The molecule has 1 amide bonds. The molecule has 0 unspecified atom stereocenters. The molecular formula is C13H15NO4S. The van der Waals surface area contributed by atoms with Crippen LogP contribution in [0.25, 0.3) is 0 Å². The second-order valence-electron chi connectivity index (χ2n) is 5.02. The van der Waals surface area contributed by atoms with Gasteiger partial charge in [0.2, 0.25) is 5.91 Å². The number of hydrogen-bond donors (Lipinski definition) is 1. The summed E-state index contributed by atoms with van der Waals surface area (Å²) in [5.74, 6) is 0.0919. The molecular weight excluding hydrogens is 266 g/mol. The van der Waals surface area contributed by atoms with Crippen molar-refractivity contribution in [2.45, 2.75) is 35.3 Å². The summed E-state index contributed by atoms with van der Waals surface area (Å²) < 4.78 is 29.4. The molecule has 1 aliphatic heterocycles. The van der Waals surface area contributed by atoms with Crippen LogP contribution in [-0.2, 0) is 14.6 Å². The first-order valence-corrected chi connectivity index (χ1v) is 7.74. The summed E-state index contributed by atoms with van der Waals surface area (Å²) in [7, 11) is -2.17. The van der Waals surface area contributed by atoms with Crippen molar-refractivity contribution in [1.29, 1.82) is 0 Å². The SMILES string of the molecule is COc1ccc2c(c1)S(=O)(=O)C1(CCCC1)C(=O)N2. The van der Waals surface area contributed by atoms with Crippen LogP contribution in [0.15, 0.2) is 23.1 Å². The molecule has 0 aromatic heterocycles. The Balaban J connectivity index is 2.24. The van der Waals surface area contributed by atoms with E-state index in [4.69, 9.17) is 4.74 Å². The first kappa shape index (κ1) is 12.5. The van der Waals surface area contributed by atoms with Gasteiger partial charge in [0.15, 0.2) is 14.6 Å². The molecule has 1 aliphatic carbocycles. The van der Waals surface area contributed by atoms with Crippen LogP contribution in [0.4, 0.5) is 5.69 Å². The predicted octanol–water partition coefficient (Wildman–Crippen LogP) is 1.73. The van der Waals surface area contributed by atoms with Crippen molar-refractivity contribution < 1.29 is 17.9 Å². The molecule has 0 bridgehead atoms. The summed E-state index contributed by atoms with van der Waals surface area (Å²) in [4.78, 5) is 12.4. The fraction of sp³-hybridized carbons (Fsp3) is 0.462. The van der Waals surface area contributed by atoms with Crippen molar-refractivity contribution in [3.8, 4) is 5.75 Å². The number of ether oxygens (including phenoxy) is 1. The Bertz CT molecular complexity index is 645. The van der Waals surface area contributed by atoms with Crippen molar-refractivity contribution in [3.63, 3.8) is 0 Å². The minimum Gasteiger partial charge on any atom is -0.497 e. The molecule has 102 valence electrons. The van der Waals surface area contributed by atoms with Crippen LogP contribution < -0.4 is 10.1 Å². The van der Waals surface area contributed by atoms with E-state index in [1.165, 1.54) is 13.2 Å². The zero-order valence-corrected chi connectivity index (χ0v) is 11.4. The fourth-order valence-electron chi connectivity index (χ4n) is 2.97. The van der Waals surface area contributed by atoms with E-state index in [0.717, 1.165) is 12.8 Å². The molecule has 19 heavy (non-hydrogen) atoms. The molecule has 1 fully saturated rings. The summed E-state index contributed by atoms with van der Waals surface area (Å²) in [6, 6.07) is 4.71. The van der Waals surface area contributed by atoms with E-state index >= 15 is 0 Å². The van der Waals surface area contributed by atoms with Gasteiger partial charge >= 0.3 is 0 Å². The number of methoxy groups -OCH3 is 1. The number of carbonyl (C=O) groups is 1. The Hall–Kier alpha value is -1.56. The molecule has 0 radical (unpaired) electrons. The van der Waals surface area contributed by atoms with Gasteiger partial charge in [-0.25, -0.2) is 8.42 Å². The van der Waals surface area contributed by atoms with Crippen molar-refractivity contribution in [3.05, 3.63) is 18.2 Å². The highest BCUT2D eigenvalue weighted by molar-refractivity contribution is 7.94. The summed E-state index contributed by atoms with van der Waals surface area (Å²) in [5.41, 5.74) is 0.350. The van der Waals surface area contributed by atoms with E-state index in [0.29, 0.717) is 24.3 Å². The average molecular weight is 281 g/mol. The van der Waals surface area contributed by atoms with Crippen LogP contribution in [0.3, 0.4) is 0 Å². The van der Waals surface area contributed by atoms with Crippen LogP contribution in [-0.4, -0.2) is 26.2 Å². The zero-order chi connectivity index (χ0) is 13.7. The summed E-state index contributed by atoms with van der Waals surface area (Å²) >= 11 is 0. The topological polar surface area (TPSA) is 72.5 Å². The lowest BCUT2D eigenvalue weighted by Gasteiger charge is -2.33. The molecule has 1 heterocycles. The van der Waals surface area contributed by atoms with Crippen molar-refractivity contribution >= 4 is 21.4 Å². The normalized spacial score (nSPS) is 22.9. The Labute approximate surface area is 111 Å². The van der Waals surface area contributed by atoms with Gasteiger partial charge in [-0.05, 0) is 25.0 Å². The quantitative estimate of drug-likeness (QED) is 0.851. The summed E-state index contributed by atoms with van der Waals surface area (Å²) in [6.07, 6.45) is 2.34. The number of benzene rings is 1. The Kier molecular flexibility index (Phi) is 2.60. The predicted molar refractivity (Wildman–Crippen MR) is 70.0 cm³/mol. The van der Waals surface area contributed by atoms with Crippen LogP contribution >= 0.6 is 0 Å². The molecule has 1 aromatic carbocycles. The lowest BCUT2D eigenvalue weighted by atomic mass is 10.1. The van der Waals surface area contributed by atoms with Gasteiger partial charge in [-0.1, -0.05) is 12.8 Å². The van der Waals surface area contributed by atoms with E-state index in [-0.39, 0.29) is 10.8 Å². The fourth-order valence-corrected chi connectivity index (χ4v) is 5.19. The number of amides is 1. The van der Waals surface area contributed by atoms with E-state index in [1.807, 2.05) is 0 Å². The minimum atomic E-state index is -3.66. The van der Waals surface area contributed by atoms with Crippen LogP contribution in [0.5, 0.6) is 5.75 Å². The van der Waals surface area contributed by atoms with Crippen molar-refractivity contribution in [2.24, 2.45) is 0 Å². The highest BCUT2D eigenvalue weighted by Crippen LogP contribution is 2.46. The van der Waals surface area contributed by atoms with Gasteiger partial charge in [0.05, 0.1) is 17.7 Å². The van der Waals surface area contributed by atoms with Gasteiger partial charge in [-0.2, -0.15) is 0 Å². The van der Waals surface area contributed by atoms with Gasteiger partial charge in [-0.15, -0.1) is 0 Å². The third-order valence-electron chi connectivity index (χ3n) is 4.07. The highest BCUT2D eigenvalue weighted by atomic mass is 32.2. The Morgan fingerprint density at radius 2 is 1.95 bits per heavy atom. The van der Waals surface area contributed by atoms with Crippen LogP contribution in [0.2, 0.25) is 0 Å². The number of nitrogens with one attached hydrogen (secondary N) is 1. The zero-order valence-electron chi connectivity index (χ0n) is 10.6. The van der Waals surface area contributed by atoms with Gasteiger partial charge in [-0.3, -0.25) is 4.79 Å². The highest BCUT2D eigenvalue weighted by Gasteiger charge is 2.56. The second-order valence-corrected chi connectivity index (χ2v) is 7.25. The smallest absolute Gasteiger partial charge is 0.246 e. The number of fused-ring (bicyclic) bond motifs is 1. The summed E-state index contributed by atoms with van der Waals surface area (Å²) in [5, 5.41) is 2.73. The number of sulfone groups is 1. The van der Waals surface area contributed by atoms with Crippen molar-refractivity contribution in [2.75, 3.05) is 12.4 Å². The molecule has 1 N–H and O–H groups in total. The first-order valence-electron chi connectivity index (χ1n) is 6.25. The maximum atomic E-state index is 12.8. The van der Waals surface area contributed by atoms with Crippen molar-refractivity contribution in [1.82, 2.24) is 0 Å². The lowest BCUT2D eigenvalue weighted by Crippen LogP contribution is -2.50. The van der Waals surface area contributed by atoms with E-state index in [9.17, 15) is 13.2 Å². The number of carbonyl (C=O) groups excluding carboxylic acids is 1. The molecule has 2 aliphatic rings. The lowest BCUT2D eigenvalue weighted by molar-refractivity contribution is -0.118. The van der Waals surface area contributed by atoms with Gasteiger partial charge in [0.25, 0.3) is 0 Å². The molecule has 5 nitrogen and oxygen atoms in total. The average Bonchev–Trinajstić information content (AvgIpc) is 2.88. The largest absolute Gasteiger partial charge is 0.497 e. The maximum Gasteiger partial charge on any atom is 0.246 e. The Morgan fingerprint density at radius 1 is 1.26 bits per heavy atom. The molecule has 3 rings (SSSR count). The van der Waals surface area contributed by atoms with Gasteiger partial charge in [0.1, 0.15) is 5.75 Å². The number of rotatable bonds is 1. The Morgan fingerprint density at radius 3 is 2.58 bits per heavy atom. The molecule has 0 saturated heterocycles. The third kappa shape index (κ3) is 1.52. The van der Waals surface area contributed by atoms with E-state index in [1.54, 1.807) is 12.1 Å². The third-order valence-corrected chi connectivity index (χ3v) is 6.61. The molecule has 0 atom stereocenters. The first-order chi connectivity index (χ1) is 9.01. The minimum absolute atomic E-state index is 0.174. The summed E-state index contributed by atoms with van der Waals surface area (Å²) in [6.45, 7) is 0. The second kappa shape index (κ2) is 3.96. The van der Waals surface area contributed by atoms with Gasteiger partial charge < -0.3 is 10.1 Å². The van der Waals surface area contributed by atoms with E-state index in [2.05, 4.69) is 5.32 Å². The molecule has 1 spiro atoms. The standard InChI is InChI=1S/C13H15NO4S/c1-18-9-4-5-10-11(8-9)19(16,17)13(12(15)14-10)6-2-3-7-13/h4-5,8H,2-3,6-7H2,1H3,(H,14,15). The van der Waals surface area contributed by atoms with Gasteiger partial charge in [0, 0.05) is 6.07 Å². The van der Waals surface area contributed by atoms with E-state index < -0.39 is 14.6 Å². The molecule has 1 aromatic rings. The maximum absolute atomic E-state index is 12.8.